The van der Waals surface area contributed by atoms with Crippen molar-refractivity contribution in [3.63, 3.8) is 0 Å². The zero-order valence-electron chi connectivity index (χ0n) is 3.83. The molecule has 0 unspecified atom stereocenters. The average Bonchev–Trinajstić information content (AvgIpc) is 1.72. The summed E-state index contributed by atoms with van der Waals surface area (Å²) in [6, 6.07) is 0. The van der Waals surface area contributed by atoms with Crippen LogP contribution in [0.2, 0.25) is 0 Å². The summed E-state index contributed by atoms with van der Waals surface area (Å²) in [7, 11) is 0. The van der Waals surface area contributed by atoms with Crippen molar-refractivity contribution in [2.75, 3.05) is 0 Å². The summed E-state index contributed by atoms with van der Waals surface area (Å²) in [5.41, 5.74) is 0.698. The molecule has 0 aliphatic carbocycles. The third-order valence-electron chi connectivity index (χ3n) is 0.850. The van der Waals surface area contributed by atoms with Crippen LogP contribution in [0.15, 0.2) is 10.7 Å². The molecule has 40 valence electrons. The summed E-state index contributed by atoms with van der Waals surface area (Å²) in [5.74, 6) is 0.514. The molecule has 0 radical (unpaired) electrons. The fourth-order valence-electron chi connectivity index (χ4n) is 0.459. The SMILES string of the molecule is c1n[nH]oc2nnc1-2. The number of H-pyrrole nitrogens is 1. The minimum atomic E-state index is 0.514. The van der Waals surface area contributed by atoms with Crippen LogP contribution in [0.1, 0.15) is 0 Å². The standard InChI is InChI=1S/C3H2N4O/c1-2-3(6-5-2)8-7-4-1/h1,7H. The first-order chi connectivity index (χ1) is 3.97. The molecular weight excluding hydrogens is 108 g/mol. The zero-order valence-corrected chi connectivity index (χ0v) is 3.83. The van der Waals surface area contributed by atoms with Crippen molar-refractivity contribution in [1.82, 2.24) is 20.6 Å². The van der Waals surface area contributed by atoms with E-state index in [2.05, 4.69) is 25.1 Å². The van der Waals surface area contributed by atoms with E-state index in [9.17, 15) is 0 Å². The number of nitrogens with zero attached hydrogens (tertiary/aromatic N) is 3. The van der Waals surface area contributed by atoms with E-state index < -0.39 is 0 Å². The molecule has 1 N–H and O–H groups in total. The number of aromatic nitrogens is 4. The molecule has 0 bridgehead atoms. The Morgan fingerprint density at radius 3 is 2.88 bits per heavy atom. The molecular formula is C3H2N4O. The van der Waals surface area contributed by atoms with Crippen molar-refractivity contribution in [3.05, 3.63) is 6.20 Å². The number of rotatable bonds is 0. The minimum absolute atomic E-state index is 0.514. The van der Waals surface area contributed by atoms with E-state index in [1.807, 2.05) is 0 Å². The van der Waals surface area contributed by atoms with E-state index in [-0.39, 0.29) is 0 Å². The van der Waals surface area contributed by atoms with Crippen molar-refractivity contribution in [3.8, 4) is 11.6 Å². The highest BCUT2D eigenvalue weighted by Crippen LogP contribution is 2.12. The topological polar surface area (TPSA) is 67.6 Å². The largest absolute Gasteiger partial charge is 0.341 e. The van der Waals surface area contributed by atoms with Crippen molar-refractivity contribution < 1.29 is 4.52 Å². The van der Waals surface area contributed by atoms with Crippen LogP contribution in [0.25, 0.3) is 11.6 Å². The first-order valence-corrected chi connectivity index (χ1v) is 2.08. The van der Waals surface area contributed by atoms with Crippen LogP contribution in [-0.2, 0) is 0 Å². The van der Waals surface area contributed by atoms with E-state index in [0.29, 0.717) is 11.6 Å². The first-order valence-electron chi connectivity index (χ1n) is 2.08. The molecule has 8 heavy (non-hydrogen) atoms. The molecule has 2 aliphatic rings. The summed E-state index contributed by atoms with van der Waals surface area (Å²) in [6.07, 6.45) is 1.55. The second-order valence-corrected chi connectivity index (χ2v) is 1.34. The molecule has 2 rings (SSSR count). The monoisotopic (exact) mass is 110 g/mol. The van der Waals surface area contributed by atoms with Crippen LogP contribution in [0, 0.1) is 0 Å². The van der Waals surface area contributed by atoms with Crippen molar-refractivity contribution >= 4 is 0 Å². The van der Waals surface area contributed by atoms with Crippen molar-refractivity contribution in [2.45, 2.75) is 0 Å². The maximum Gasteiger partial charge on any atom is 0.295 e. The van der Waals surface area contributed by atoms with Gasteiger partial charge in [-0.3, -0.25) is 0 Å². The normalized spacial score (nSPS) is 10.5. The van der Waals surface area contributed by atoms with Gasteiger partial charge in [0, 0.05) is 0 Å². The number of fused-ring (bicyclic) bond motifs is 1. The maximum absolute atomic E-state index is 4.65. The lowest BCUT2D eigenvalue weighted by Crippen LogP contribution is -1.99. The summed E-state index contributed by atoms with van der Waals surface area (Å²) in [5, 5.41) is 12.9. The Morgan fingerprint density at radius 2 is 2.50 bits per heavy atom. The van der Waals surface area contributed by atoms with Crippen molar-refractivity contribution in [2.24, 2.45) is 0 Å². The average molecular weight is 110 g/mol. The first kappa shape index (κ1) is 3.59. The highest BCUT2D eigenvalue weighted by molar-refractivity contribution is 5.45. The minimum Gasteiger partial charge on any atom is -0.341 e. The van der Waals surface area contributed by atoms with E-state index in [4.69, 9.17) is 0 Å². The van der Waals surface area contributed by atoms with E-state index in [1.165, 1.54) is 0 Å². The molecule has 0 aromatic rings. The van der Waals surface area contributed by atoms with Gasteiger partial charge >= 0.3 is 0 Å². The molecule has 2 aliphatic heterocycles. The number of hydrogen-bond donors (Lipinski definition) is 1. The molecule has 2 heterocycles. The predicted molar refractivity (Wildman–Crippen MR) is 23.1 cm³/mol. The number of nitrogens with one attached hydrogen (secondary N) is 1. The molecule has 0 atom stereocenters. The molecule has 5 heteroatoms. The van der Waals surface area contributed by atoms with Gasteiger partial charge in [-0.05, 0) is 0 Å². The second kappa shape index (κ2) is 1.06. The van der Waals surface area contributed by atoms with E-state index in [1.54, 1.807) is 6.20 Å². The lowest BCUT2D eigenvalue weighted by atomic mass is 10.4. The summed E-state index contributed by atoms with van der Waals surface area (Å²) < 4.78 is 4.65. The Labute approximate surface area is 44.0 Å². The van der Waals surface area contributed by atoms with Gasteiger partial charge in [-0.25, -0.2) is 0 Å². The van der Waals surface area contributed by atoms with Crippen LogP contribution >= 0.6 is 0 Å². The molecule has 0 saturated heterocycles. The third kappa shape index (κ3) is 0.281. The van der Waals surface area contributed by atoms with Crippen LogP contribution < -0.4 is 0 Å². The lowest BCUT2D eigenvalue weighted by Gasteiger charge is -1.98. The van der Waals surface area contributed by atoms with Crippen LogP contribution in [0.4, 0.5) is 0 Å². The zero-order chi connectivity index (χ0) is 5.40. The van der Waals surface area contributed by atoms with Gasteiger partial charge in [0.1, 0.15) is 0 Å². The van der Waals surface area contributed by atoms with Crippen LogP contribution in [-0.4, -0.2) is 20.6 Å². The Bertz CT molecular complexity index is 221. The fourth-order valence-corrected chi connectivity index (χ4v) is 0.459. The van der Waals surface area contributed by atoms with Gasteiger partial charge in [0.2, 0.25) is 0 Å². The molecule has 0 spiro atoms. The summed E-state index contributed by atoms with van der Waals surface area (Å²) in [6.45, 7) is 0. The molecule has 0 saturated carbocycles. The number of aromatic amines is 1. The summed E-state index contributed by atoms with van der Waals surface area (Å²) in [4.78, 5) is 0. The van der Waals surface area contributed by atoms with E-state index in [0.717, 1.165) is 0 Å². The van der Waals surface area contributed by atoms with Gasteiger partial charge in [-0.2, -0.15) is 5.10 Å². The third-order valence-corrected chi connectivity index (χ3v) is 0.850. The van der Waals surface area contributed by atoms with Crippen molar-refractivity contribution in [1.29, 1.82) is 0 Å². The molecule has 0 aromatic heterocycles. The molecule has 0 fully saturated rings. The Kier molecular flexibility index (Phi) is 0.476. The lowest BCUT2D eigenvalue weighted by molar-refractivity contribution is 0.347. The molecule has 0 aromatic carbocycles. The van der Waals surface area contributed by atoms with E-state index >= 15 is 0 Å². The highest BCUT2D eigenvalue weighted by atomic mass is 16.5. The fraction of sp³-hybridized carbons (Fsp3) is 0. The van der Waals surface area contributed by atoms with Crippen LogP contribution in [0.5, 0.6) is 0 Å². The quantitative estimate of drug-likeness (QED) is 0.514. The predicted octanol–water partition coefficient (Wildman–Crippen LogP) is -0.103. The summed E-state index contributed by atoms with van der Waals surface area (Å²) >= 11 is 0. The second-order valence-electron chi connectivity index (χ2n) is 1.34. The molecule has 0 amide bonds. The maximum atomic E-state index is 4.65. The Balaban J connectivity index is 2.78. The molecule has 5 nitrogen and oxygen atoms in total. The van der Waals surface area contributed by atoms with Gasteiger partial charge in [0.15, 0.2) is 5.69 Å². The van der Waals surface area contributed by atoms with Gasteiger partial charge in [-0.15, -0.1) is 15.5 Å². The Morgan fingerprint density at radius 1 is 1.50 bits per heavy atom. The highest BCUT2D eigenvalue weighted by Gasteiger charge is 2.10. The van der Waals surface area contributed by atoms with Gasteiger partial charge in [0.05, 0.1) is 6.20 Å². The number of hydrogen-bond acceptors (Lipinski definition) is 4. The van der Waals surface area contributed by atoms with Gasteiger partial charge in [0.25, 0.3) is 5.89 Å². The van der Waals surface area contributed by atoms with Gasteiger partial charge < -0.3 is 4.52 Å². The smallest absolute Gasteiger partial charge is 0.295 e. The van der Waals surface area contributed by atoms with Gasteiger partial charge in [-0.1, -0.05) is 0 Å². The van der Waals surface area contributed by atoms with Crippen LogP contribution in [0.3, 0.4) is 0 Å². The Hall–Kier alpha value is -1.39.